The van der Waals surface area contributed by atoms with Gasteiger partial charge in [0.25, 0.3) is 5.91 Å². The van der Waals surface area contributed by atoms with Crippen LogP contribution in [0.3, 0.4) is 0 Å². The van der Waals surface area contributed by atoms with E-state index in [0.29, 0.717) is 12.2 Å². The Morgan fingerprint density at radius 3 is 2.96 bits per heavy atom. The molecule has 6 nitrogen and oxygen atoms in total. The van der Waals surface area contributed by atoms with Crippen molar-refractivity contribution >= 4 is 23.1 Å². The molecule has 4 rings (SSSR count). The molecule has 1 aliphatic rings. The first-order valence-corrected chi connectivity index (χ1v) is 9.99. The van der Waals surface area contributed by atoms with Gasteiger partial charge >= 0.3 is 0 Å². The fourth-order valence-corrected chi connectivity index (χ4v) is 3.95. The molecule has 1 atom stereocenters. The van der Waals surface area contributed by atoms with Gasteiger partial charge in [0.15, 0.2) is 5.82 Å². The first-order valence-electron chi connectivity index (χ1n) is 9.11. The number of anilines is 1. The molecule has 3 heterocycles. The molecule has 27 heavy (non-hydrogen) atoms. The molecule has 0 bridgehead atoms. The number of aromatic amines is 1. The molecule has 0 saturated carbocycles. The summed E-state index contributed by atoms with van der Waals surface area (Å²) in [5.74, 6) is 1.66. The van der Waals surface area contributed by atoms with E-state index in [2.05, 4.69) is 37.9 Å². The Balaban J connectivity index is 1.35. The fourth-order valence-electron chi connectivity index (χ4n) is 3.26. The maximum absolute atomic E-state index is 12.5. The maximum Gasteiger partial charge on any atom is 0.251 e. The normalized spacial score (nSPS) is 16.5. The highest BCUT2D eigenvalue weighted by Gasteiger charge is 2.26. The molecule has 1 unspecified atom stereocenters. The highest BCUT2D eigenvalue weighted by Crippen LogP contribution is 2.27. The molecule has 3 aromatic rings. The number of carbonyl (C=O) groups excluding carboxylic acids is 1. The number of nitrogens with one attached hydrogen (secondary N) is 2. The molecule has 1 aromatic carbocycles. The first-order chi connectivity index (χ1) is 13.2. The van der Waals surface area contributed by atoms with Crippen LogP contribution in [0.25, 0.3) is 10.6 Å². The van der Waals surface area contributed by atoms with Crippen molar-refractivity contribution in [1.82, 2.24) is 15.5 Å². The van der Waals surface area contributed by atoms with Crippen LogP contribution in [0, 0.1) is 0 Å². The number of hydrogen-bond donors (Lipinski definition) is 2. The van der Waals surface area contributed by atoms with Gasteiger partial charge in [0.1, 0.15) is 5.75 Å². The van der Waals surface area contributed by atoms with Crippen molar-refractivity contribution in [3.8, 4) is 16.3 Å². The molecule has 2 aromatic heterocycles. The van der Waals surface area contributed by atoms with Crippen molar-refractivity contribution in [3.63, 3.8) is 0 Å². The molecule has 0 spiro atoms. The number of hydrogen-bond acceptors (Lipinski definition) is 5. The topological polar surface area (TPSA) is 70.2 Å². The summed E-state index contributed by atoms with van der Waals surface area (Å²) in [5, 5.41) is 12.7. The Bertz CT molecular complexity index is 889. The van der Waals surface area contributed by atoms with Gasteiger partial charge in [-0.1, -0.05) is 6.07 Å². The minimum Gasteiger partial charge on any atom is -0.494 e. The second-order valence-corrected chi connectivity index (χ2v) is 7.43. The Labute approximate surface area is 162 Å². The van der Waals surface area contributed by atoms with E-state index in [-0.39, 0.29) is 11.9 Å². The van der Waals surface area contributed by atoms with Crippen LogP contribution < -0.4 is 15.0 Å². The van der Waals surface area contributed by atoms with Gasteiger partial charge in [0.05, 0.1) is 17.2 Å². The lowest BCUT2D eigenvalue weighted by Crippen LogP contribution is -2.37. The third kappa shape index (κ3) is 3.98. The van der Waals surface area contributed by atoms with Crippen LogP contribution in [0.5, 0.6) is 5.75 Å². The van der Waals surface area contributed by atoms with E-state index in [1.807, 2.05) is 25.1 Å². The van der Waals surface area contributed by atoms with Crippen LogP contribution >= 0.6 is 11.3 Å². The third-order valence-corrected chi connectivity index (χ3v) is 5.53. The zero-order valence-corrected chi connectivity index (χ0v) is 16.0. The van der Waals surface area contributed by atoms with Gasteiger partial charge < -0.3 is 15.0 Å². The van der Waals surface area contributed by atoms with Crippen LogP contribution in [0.15, 0.2) is 47.8 Å². The van der Waals surface area contributed by atoms with Gasteiger partial charge in [-0.15, -0.1) is 11.3 Å². The van der Waals surface area contributed by atoms with Crippen LogP contribution in [0.1, 0.15) is 23.7 Å². The minimum absolute atomic E-state index is 0.0498. The number of rotatable bonds is 6. The largest absolute Gasteiger partial charge is 0.494 e. The number of nitrogens with zero attached hydrogens (tertiary/aromatic N) is 2. The smallest absolute Gasteiger partial charge is 0.251 e. The number of benzene rings is 1. The Kier molecular flexibility index (Phi) is 5.11. The van der Waals surface area contributed by atoms with Crippen LogP contribution in [0.2, 0.25) is 0 Å². The number of H-pyrrole nitrogens is 1. The van der Waals surface area contributed by atoms with Crippen LogP contribution in [-0.4, -0.2) is 41.8 Å². The van der Waals surface area contributed by atoms with E-state index in [1.165, 1.54) is 4.88 Å². The molecular weight excluding hydrogens is 360 g/mol. The van der Waals surface area contributed by atoms with Crippen LogP contribution in [-0.2, 0) is 0 Å². The summed E-state index contributed by atoms with van der Waals surface area (Å²) in [4.78, 5) is 15.9. The van der Waals surface area contributed by atoms with E-state index < -0.39 is 0 Å². The monoisotopic (exact) mass is 382 g/mol. The molecule has 0 radical (unpaired) electrons. The lowest BCUT2D eigenvalue weighted by molar-refractivity contribution is 0.0940. The van der Waals surface area contributed by atoms with E-state index in [4.69, 9.17) is 4.74 Å². The van der Waals surface area contributed by atoms with Crippen LogP contribution in [0.4, 0.5) is 5.82 Å². The molecule has 1 aliphatic heterocycles. The summed E-state index contributed by atoms with van der Waals surface area (Å²) >= 11 is 1.69. The number of amides is 1. The predicted octanol–water partition coefficient (Wildman–Crippen LogP) is 3.55. The van der Waals surface area contributed by atoms with Crippen molar-refractivity contribution in [2.75, 3.05) is 24.6 Å². The van der Waals surface area contributed by atoms with Gasteiger partial charge in [-0.05, 0) is 49.1 Å². The molecule has 140 valence electrons. The lowest BCUT2D eigenvalue weighted by atomic mass is 10.2. The quantitative estimate of drug-likeness (QED) is 0.684. The van der Waals surface area contributed by atoms with E-state index >= 15 is 0 Å². The van der Waals surface area contributed by atoms with E-state index in [9.17, 15) is 4.79 Å². The molecular formula is C20H22N4O2S. The summed E-state index contributed by atoms with van der Waals surface area (Å²) in [6.45, 7) is 4.19. The standard InChI is InChI=1S/C20H22N4O2S/c1-2-26-16-7-5-14(6-8-16)20(25)21-15-9-10-24(13-15)19-12-17(22-23-19)18-4-3-11-27-18/h3-8,11-12,15H,2,9-10,13H2,1H3,(H,21,25)(H,22,23). The van der Waals surface area contributed by atoms with Gasteiger partial charge in [0, 0.05) is 30.8 Å². The summed E-state index contributed by atoms with van der Waals surface area (Å²) in [7, 11) is 0. The van der Waals surface area contributed by atoms with Crippen molar-refractivity contribution in [1.29, 1.82) is 0 Å². The molecule has 0 aliphatic carbocycles. The highest BCUT2D eigenvalue weighted by molar-refractivity contribution is 7.13. The highest BCUT2D eigenvalue weighted by atomic mass is 32.1. The first kappa shape index (κ1) is 17.6. The van der Waals surface area contributed by atoms with Gasteiger partial charge in [-0.3, -0.25) is 9.89 Å². The zero-order chi connectivity index (χ0) is 18.6. The van der Waals surface area contributed by atoms with E-state index in [0.717, 1.165) is 36.8 Å². The lowest BCUT2D eigenvalue weighted by Gasteiger charge is -2.16. The van der Waals surface area contributed by atoms with Crippen molar-refractivity contribution in [2.24, 2.45) is 0 Å². The molecule has 7 heteroatoms. The average Bonchev–Trinajstić information content (AvgIpc) is 3.43. The predicted molar refractivity (Wildman–Crippen MR) is 108 cm³/mol. The molecule has 1 amide bonds. The number of ether oxygens (including phenoxy) is 1. The minimum atomic E-state index is -0.0498. The number of thiophene rings is 1. The second-order valence-electron chi connectivity index (χ2n) is 6.48. The Hall–Kier alpha value is -2.80. The second kappa shape index (κ2) is 7.84. The average molecular weight is 382 g/mol. The van der Waals surface area contributed by atoms with E-state index in [1.54, 1.807) is 23.5 Å². The molecule has 1 fully saturated rings. The zero-order valence-electron chi connectivity index (χ0n) is 15.1. The fraction of sp³-hybridized carbons (Fsp3) is 0.300. The van der Waals surface area contributed by atoms with Crippen molar-refractivity contribution < 1.29 is 9.53 Å². The number of carbonyl (C=O) groups is 1. The number of aromatic nitrogens is 2. The summed E-state index contributed by atoms with van der Waals surface area (Å²) in [5.41, 5.74) is 1.68. The Morgan fingerprint density at radius 2 is 2.22 bits per heavy atom. The van der Waals surface area contributed by atoms with Crippen molar-refractivity contribution in [3.05, 3.63) is 53.4 Å². The summed E-state index contributed by atoms with van der Waals surface area (Å²) in [6.07, 6.45) is 0.907. The summed E-state index contributed by atoms with van der Waals surface area (Å²) in [6, 6.07) is 13.6. The summed E-state index contributed by atoms with van der Waals surface area (Å²) < 4.78 is 5.42. The molecule has 2 N–H and O–H groups in total. The van der Waals surface area contributed by atoms with Gasteiger partial charge in [-0.25, -0.2) is 0 Å². The Morgan fingerprint density at radius 1 is 1.37 bits per heavy atom. The van der Waals surface area contributed by atoms with Gasteiger partial charge in [0.2, 0.25) is 0 Å². The van der Waals surface area contributed by atoms with Crippen molar-refractivity contribution in [2.45, 2.75) is 19.4 Å². The SMILES string of the molecule is CCOc1ccc(C(=O)NC2CCN(c3cc(-c4cccs4)[nH]n3)C2)cc1. The molecule has 1 saturated heterocycles. The third-order valence-electron chi connectivity index (χ3n) is 4.63. The van der Waals surface area contributed by atoms with Gasteiger partial charge in [-0.2, -0.15) is 5.10 Å². The maximum atomic E-state index is 12.5.